The summed E-state index contributed by atoms with van der Waals surface area (Å²) in [5, 5.41) is 6.93. The van der Waals surface area contributed by atoms with Crippen LogP contribution in [0.1, 0.15) is 34.6 Å². The minimum absolute atomic E-state index is 0.676. The van der Waals surface area contributed by atoms with Gasteiger partial charge in [-0.1, -0.05) is 0 Å². The van der Waals surface area contributed by atoms with E-state index >= 15 is 0 Å². The summed E-state index contributed by atoms with van der Waals surface area (Å²) in [6.07, 6.45) is 0. The molecular formula is C16H24N2O11S2. The van der Waals surface area contributed by atoms with Gasteiger partial charge >= 0.3 is 17.9 Å². The number of carbonyl (C=O) groups is 4. The molecule has 176 valence electrons. The van der Waals surface area contributed by atoms with Gasteiger partial charge in [-0.2, -0.15) is 4.72 Å². The van der Waals surface area contributed by atoms with E-state index in [-0.39, 0.29) is 0 Å². The Labute approximate surface area is 179 Å². The van der Waals surface area contributed by atoms with Crippen LogP contribution in [-0.2, 0) is 48.5 Å². The zero-order valence-electron chi connectivity index (χ0n) is 17.4. The number of hydrogen-bond donors (Lipinski definition) is 2. The summed E-state index contributed by atoms with van der Waals surface area (Å²) < 4.78 is 59.1. The average Bonchev–Trinajstić information content (AvgIpc) is 2.71. The second-order valence-electron chi connectivity index (χ2n) is 8.70. The van der Waals surface area contributed by atoms with Crippen LogP contribution in [0.2, 0.25) is 0 Å². The molecule has 0 saturated carbocycles. The van der Waals surface area contributed by atoms with Crippen molar-refractivity contribution in [2.24, 2.45) is 5.41 Å². The van der Waals surface area contributed by atoms with Gasteiger partial charge in [0, 0.05) is 0 Å². The predicted molar refractivity (Wildman–Crippen MR) is 102 cm³/mol. The summed E-state index contributed by atoms with van der Waals surface area (Å²) in [6, 6.07) is -3.39. The van der Waals surface area contributed by atoms with Gasteiger partial charge < -0.3 is 19.5 Å². The fourth-order valence-corrected chi connectivity index (χ4v) is 6.55. The molecule has 2 rings (SSSR count). The first-order chi connectivity index (χ1) is 13.8. The highest BCUT2D eigenvalue weighted by molar-refractivity contribution is 7.94. The molecule has 1 amide bonds. The summed E-state index contributed by atoms with van der Waals surface area (Å²) in [7, 11) is -8.80. The van der Waals surface area contributed by atoms with Crippen LogP contribution in [0.3, 0.4) is 0 Å². The van der Waals surface area contributed by atoms with Crippen LogP contribution in [0.15, 0.2) is 0 Å². The van der Waals surface area contributed by atoms with Crippen LogP contribution >= 0.6 is 0 Å². The van der Waals surface area contributed by atoms with Gasteiger partial charge in [0.05, 0.1) is 5.41 Å². The maximum atomic E-state index is 12.9. The largest absolute Gasteiger partial charge is 0.480 e. The number of sulfonamides is 1. The number of amides is 1. The minimum Gasteiger partial charge on any atom is -0.480 e. The SMILES string of the molecule is CC(C)(C)C(=O)OCOC(=O)[C@@H]1N2C(=O)[C@@H](NS(=O)(=O)CC(=O)O)[C@H]2S(=O)(=O)C1(C)C. The van der Waals surface area contributed by atoms with E-state index in [4.69, 9.17) is 14.6 Å². The van der Waals surface area contributed by atoms with Gasteiger partial charge in [-0.25, -0.2) is 21.6 Å². The number of carboxylic acid groups (broad SMARTS) is 1. The molecule has 0 aromatic heterocycles. The second kappa shape index (κ2) is 7.70. The van der Waals surface area contributed by atoms with E-state index in [9.17, 15) is 36.0 Å². The molecule has 0 aliphatic carbocycles. The van der Waals surface area contributed by atoms with Crippen molar-refractivity contribution in [1.29, 1.82) is 0 Å². The lowest BCUT2D eigenvalue weighted by molar-refractivity contribution is -0.180. The molecule has 0 spiro atoms. The van der Waals surface area contributed by atoms with Crippen molar-refractivity contribution in [2.75, 3.05) is 12.5 Å². The number of carboxylic acids is 1. The van der Waals surface area contributed by atoms with Crippen molar-refractivity contribution in [3.8, 4) is 0 Å². The molecule has 0 bridgehead atoms. The number of sulfone groups is 1. The fraction of sp³-hybridized carbons (Fsp3) is 0.750. The number of fused-ring (bicyclic) bond motifs is 1. The third-order valence-corrected chi connectivity index (χ3v) is 8.98. The number of β-lactam (4-membered cyclic amide) rings is 1. The maximum Gasteiger partial charge on any atom is 0.333 e. The normalized spacial score (nSPS) is 26.5. The van der Waals surface area contributed by atoms with Crippen molar-refractivity contribution in [1.82, 2.24) is 9.62 Å². The quantitative estimate of drug-likeness (QED) is 0.235. The van der Waals surface area contributed by atoms with Gasteiger partial charge in [0.2, 0.25) is 22.7 Å². The van der Waals surface area contributed by atoms with Crippen LogP contribution in [0.4, 0.5) is 0 Å². The lowest BCUT2D eigenvalue weighted by atomic mass is 9.96. The predicted octanol–water partition coefficient (Wildman–Crippen LogP) is -1.81. The van der Waals surface area contributed by atoms with Gasteiger partial charge in [0.15, 0.2) is 21.0 Å². The average molecular weight is 485 g/mol. The number of rotatable bonds is 7. The molecular weight excluding hydrogens is 460 g/mol. The Hall–Kier alpha value is -2.26. The van der Waals surface area contributed by atoms with E-state index in [0.717, 1.165) is 0 Å². The van der Waals surface area contributed by atoms with E-state index in [1.54, 1.807) is 25.5 Å². The Morgan fingerprint density at radius 2 is 1.74 bits per heavy atom. The van der Waals surface area contributed by atoms with Gasteiger partial charge in [-0.05, 0) is 34.6 Å². The zero-order valence-corrected chi connectivity index (χ0v) is 19.1. The molecule has 2 fully saturated rings. The monoisotopic (exact) mass is 484 g/mol. The lowest BCUT2D eigenvalue weighted by Crippen LogP contribution is -2.72. The maximum absolute atomic E-state index is 12.9. The summed E-state index contributed by atoms with van der Waals surface area (Å²) >= 11 is 0. The fourth-order valence-electron chi connectivity index (χ4n) is 3.23. The van der Waals surface area contributed by atoms with Crippen molar-refractivity contribution < 1.29 is 50.6 Å². The summed E-state index contributed by atoms with van der Waals surface area (Å²) in [6.45, 7) is 6.24. The first-order valence-corrected chi connectivity index (χ1v) is 12.2. The first-order valence-electron chi connectivity index (χ1n) is 8.96. The molecule has 2 heterocycles. The Kier molecular flexibility index (Phi) is 6.21. The highest BCUT2D eigenvalue weighted by Crippen LogP contribution is 2.46. The van der Waals surface area contributed by atoms with Crippen molar-refractivity contribution in [3.63, 3.8) is 0 Å². The van der Waals surface area contributed by atoms with Crippen LogP contribution in [-0.4, -0.2) is 85.4 Å². The van der Waals surface area contributed by atoms with E-state index in [1.165, 1.54) is 13.8 Å². The molecule has 2 aliphatic heterocycles. The zero-order chi connectivity index (χ0) is 24.2. The van der Waals surface area contributed by atoms with Crippen molar-refractivity contribution in [2.45, 2.75) is 56.8 Å². The number of esters is 2. The van der Waals surface area contributed by atoms with Crippen molar-refractivity contribution in [3.05, 3.63) is 0 Å². The van der Waals surface area contributed by atoms with E-state index in [2.05, 4.69) is 0 Å². The van der Waals surface area contributed by atoms with Crippen molar-refractivity contribution >= 4 is 43.7 Å². The smallest absolute Gasteiger partial charge is 0.333 e. The van der Waals surface area contributed by atoms with Crippen LogP contribution < -0.4 is 4.72 Å². The highest BCUT2D eigenvalue weighted by atomic mass is 32.2. The summed E-state index contributed by atoms with van der Waals surface area (Å²) in [5.74, 6) is -5.92. The van der Waals surface area contributed by atoms with E-state index < -0.39 is 83.8 Å². The molecule has 13 nitrogen and oxygen atoms in total. The molecule has 2 N–H and O–H groups in total. The number of nitrogens with one attached hydrogen (secondary N) is 1. The lowest BCUT2D eigenvalue weighted by Gasteiger charge is -2.42. The number of ether oxygens (including phenoxy) is 2. The number of hydrogen-bond acceptors (Lipinski definition) is 10. The topological polar surface area (TPSA) is 191 Å². The molecule has 15 heteroatoms. The Balaban J connectivity index is 2.22. The molecule has 3 atom stereocenters. The second-order valence-corrected chi connectivity index (χ2v) is 13.1. The number of nitrogens with zero attached hydrogens (tertiary/aromatic N) is 1. The molecule has 0 aromatic rings. The Morgan fingerprint density at radius 3 is 2.23 bits per heavy atom. The Morgan fingerprint density at radius 1 is 1.19 bits per heavy atom. The molecule has 31 heavy (non-hydrogen) atoms. The molecule has 0 unspecified atom stereocenters. The van der Waals surface area contributed by atoms with Crippen LogP contribution in [0.25, 0.3) is 0 Å². The van der Waals surface area contributed by atoms with Gasteiger partial charge in [0.25, 0.3) is 0 Å². The number of aliphatic carboxylic acids is 1. The van der Waals surface area contributed by atoms with Crippen LogP contribution in [0.5, 0.6) is 0 Å². The molecule has 0 aromatic carbocycles. The summed E-state index contributed by atoms with van der Waals surface area (Å²) in [4.78, 5) is 48.2. The van der Waals surface area contributed by atoms with E-state index in [1.807, 2.05) is 0 Å². The highest BCUT2D eigenvalue weighted by Gasteiger charge is 2.73. The first kappa shape index (κ1) is 25.0. The van der Waals surface area contributed by atoms with Gasteiger partial charge in [-0.3, -0.25) is 14.4 Å². The Bertz CT molecular complexity index is 1020. The van der Waals surface area contributed by atoms with Gasteiger partial charge in [-0.15, -0.1) is 0 Å². The molecule has 2 saturated heterocycles. The minimum atomic E-state index is -4.51. The van der Waals surface area contributed by atoms with Crippen LogP contribution in [0, 0.1) is 5.41 Å². The summed E-state index contributed by atoms with van der Waals surface area (Å²) in [5.41, 5.74) is -0.874. The molecule has 0 radical (unpaired) electrons. The molecule has 2 aliphatic rings. The standard InChI is InChI=1S/C16H24N2O11S2/c1-15(2,3)14(23)29-7-28-13(22)10-16(4,5)31(26,27)12-9(11(21)18(10)12)17-30(24,25)6-8(19)20/h9-10,12,17H,6-7H2,1-5H3,(H,19,20)/t9-,10+,12-/m1/s1. The third-order valence-electron chi connectivity index (χ3n) is 4.91. The van der Waals surface area contributed by atoms with Gasteiger partial charge in [0.1, 0.15) is 16.8 Å². The third kappa shape index (κ3) is 4.39. The number of carbonyl (C=O) groups excluding carboxylic acids is 3. The van der Waals surface area contributed by atoms with E-state index in [0.29, 0.717) is 4.90 Å².